The lowest BCUT2D eigenvalue weighted by Crippen LogP contribution is -2.25. The number of hydrogen-bond acceptors (Lipinski definition) is 2. The van der Waals surface area contributed by atoms with Crippen LogP contribution in [0.3, 0.4) is 0 Å². The van der Waals surface area contributed by atoms with Gasteiger partial charge >= 0.3 is 0 Å². The lowest BCUT2D eigenvalue weighted by molar-refractivity contribution is -0.121. The summed E-state index contributed by atoms with van der Waals surface area (Å²) in [6, 6.07) is 13.9. The van der Waals surface area contributed by atoms with Crippen LogP contribution in [0.2, 0.25) is 0 Å². The van der Waals surface area contributed by atoms with Crippen LogP contribution in [-0.4, -0.2) is 12.5 Å². The number of nitrogens with one attached hydrogen (secondary N) is 1. The maximum Gasteiger partial charge on any atom is 0.220 e. The number of carbonyl (C=O) groups excluding carboxylic acids is 1. The van der Waals surface area contributed by atoms with E-state index in [4.69, 9.17) is 4.42 Å². The smallest absolute Gasteiger partial charge is 0.220 e. The van der Waals surface area contributed by atoms with Gasteiger partial charge in [0.25, 0.3) is 0 Å². The van der Waals surface area contributed by atoms with E-state index in [-0.39, 0.29) is 5.91 Å². The molecule has 0 aliphatic heterocycles. The third kappa shape index (κ3) is 5.10. The molecular weight excluding hydrogens is 262 g/mol. The van der Waals surface area contributed by atoms with Gasteiger partial charge in [0.15, 0.2) is 0 Å². The van der Waals surface area contributed by atoms with E-state index in [2.05, 4.69) is 19.2 Å². The number of aryl methyl sites for hydroxylation is 1. The van der Waals surface area contributed by atoms with E-state index in [1.165, 1.54) is 0 Å². The normalized spacial score (nSPS) is 10.8. The number of rotatable bonds is 7. The summed E-state index contributed by atoms with van der Waals surface area (Å²) in [4.78, 5) is 11.7. The molecule has 0 atom stereocenters. The minimum absolute atomic E-state index is 0.0910. The summed E-state index contributed by atoms with van der Waals surface area (Å²) in [5.41, 5.74) is 1.06. The van der Waals surface area contributed by atoms with Crippen molar-refractivity contribution in [1.82, 2.24) is 5.32 Å². The number of furan rings is 1. The van der Waals surface area contributed by atoms with E-state index >= 15 is 0 Å². The average Bonchev–Trinajstić information content (AvgIpc) is 2.94. The molecule has 1 aromatic heterocycles. The first kappa shape index (κ1) is 15.4. The van der Waals surface area contributed by atoms with Crippen LogP contribution in [-0.2, 0) is 11.2 Å². The molecule has 1 aromatic carbocycles. The van der Waals surface area contributed by atoms with Gasteiger partial charge in [-0.1, -0.05) is 44.2 Å². The third-order valence-electron chi connectivity index (χ3n) is 3.36. The highest BCUT2D eigenvalue weighted by atomic mass is 16.3. The van der Waals surface area contributed by atoms with E-state index in [1.54, 1.807) is 0 Å². The summed E-state index contributed by atoms with van der Waals surface area (Å²) in [5, 5.41) is 2.94. The summed E-state index contributed by atoms with van der Waals surface area (Å²) in [5.74, 6) is 2.41. The fourth-order valence-electron chi connectivity index (χ4n) is 2.10. The molecule has 0 bridgehead atoms. The first-order chi connectivity index (χ1) is 10.1. The summed E-state index contributed by atoms with van der Waals surface area (Å²) < 4.78 is 5.78. The standard InChI is InChI=1S/C18H23NO2/c1-14(2)12-13-19-18(20)11-9-16-8-10-17(21-16)15-6-4-3-5-7-15/h3-8,10,14H,9,11-13H2,1-2H3,(H,19,20). The zero-order valence-electron chi connectivity index (χ0n) is 12.8. The summed E-state index contributed by atoms with van der Waals surface area (Å²) >= 11 is 0. The molecule has 2 aromatic rings. The molecule has 112 valence electrons. The number of hydrogen-bond donors (Lipinski definition) is 1. The molecule has 0 aliphatic carbocycles. The molecule has 1 amide bonds. The van der Waals surface area contributed by atoms with Gasteiger partial charge in [-0.3, -0.25) is 4.79 Å². The van der Waals surface area contributed by atoms with Gasteiger partial charge in [0.2, 0.25) is 5.91 Å². The molecular formula is C18H23NO2. The number of amides is 1. The quantitative estimate of drug-likeness (QED) is 0.834. The van der Waals surface area contributed by atoms with Gasteiger partial charge in [-0.25, -0.2) is 0 Å². The van der Waals surface area contributed by atoms with Crippen LogP contribution in [0.15, 0.2) is 46.9 Å². The fraction of sp³-hybridized carbons (Fsp3) is 0.389. The van der Waals surface area contributed by atoms with Crippen molar-refractivity contribution in [2.45, 2.75) is 33.1 Å². The highest BCUT2D eigenvalue weighted by Gasteiger charge is 2.07. The molecule has 1 N–H and O–H groups in total. The maximum absolute atomic E-state index is 11.7. The van der Waals surface area contributed by atoms with Crippen molar-refractivity contribution in [2.24, 2.45) is 5.92 Å². The van der Waals surface area contributed by atoms with E-state index in [0.717, 1.165) is 30.0 Å². The molecule has 0 saturated heterocycles. The fourth-order valence-corrected chi connectivity index (χ4v) is 2.10. The van der Waals surface area contributed by atoms with E-state index in [9.17, 15) is 4.79 Å². The lowest BCUT2D eigenvalue weighted by Gasteiger charge is -2.06. The molecule has 0 spiro atoms. The van der Waals surface area contributed by atoms with Crippen molar-refractivity contribution in [1.29, 1.82) is 0 Å². The Labute approximate surface area is 126 Å². The Bertz CT molecular complexity index is 558. The van der Waals surface area contributed by atoms with Crippen LogP contribution >= 0.6 is 0 Å². The molecule has 0 saturated carbocycles. The van der Waals surface area contributed by atoms with Crippen molar-refractivity contribution in [2.75, 3.05) is 6.54 Å². The van der Waals surface area contributed by atoms with E-state index < -0.39 is 0 Å². The monoisotopic (exact) mass is 285 g/mol. The van der Waals surface area contributed by atoms with Crippen LogP contribution in [0.5, 0.6) is 0 Å². The van der Waals surface area contributed by atoms with Crippen LogP contribution < -0.4 is 5.32 Å². The molecule has 1 heterocycles. The largest absolute Gasteiger partial charge is 0.461 e. The Morgan fingerprint density at radius 3 is 2.62 bits per heavy atom. The second kappa shape index (κ2) is 7.67. The molecule has 3 nitrogen and oxygen atoms in total. The van der Waals surface area contributed by atoms with Gasteiger partial charge in [-0.2, -0.15) is 0 Å². The van der Waals surface area contributed by atoms with Crippen LogP contribution in [0.25, 0.3) is 11.3 Å². The Kier molecular flexibility index (Phi) is 5.61. The zero-order chi connectivity index (χ0) is 15.1. The minimum Gasteiger partial charge on any atom is -0.461 e. The molecule has 3 heteroatoms. The molecule has 0 unspecified atom stereocenters. The van der Waals surface area contributed by atoms with Gasteiger partial charge in [0, 0.05) is 24.9 Å². The minimum atomic E-state index is 0.0910. The van der Waals surface area contributed by atoms with Crippen molar-refractivity contribution in [3.63, 3.8) is 0 Å². The second-order valence-corrected chi connectivity index (χ2v) is 5.66. The second-order valence-electron chi connectivity index (χ2n) is 5.66. The zero-order valence-corrected chi connectivity index (χ0v) is 12.8. The Balaban J connectivity index is 1.79. The maximum atomic E-state index is 11.7. The first-order valence-corrected chi connectivity index (χ1v) is 7.56. The van der Waals surface area contributed by atoms with Gasteiger partial charge in [0.1, 0.15) is 11.5 Å². The predicted octanol–water partition coefficient (Wildman–Crippen LogP) is 4.04. The van der Waals surface area contributed by atoms with Crippen LogP contribution in [0, 0.1) is 5.92 Å². The van der Waals surface area contributed by atoms with Crippen LogP contribution in [0.4, 0.5) is 0 Å². The Hall–Kier alpha value is -2.03. The molecule has 21 heavy (non-hydrogen) atoms. The van der Waals surface area contributed by atoms with Crippen molar-refractivity contribution in [3.8, 4) is 11.3 Å². The lowest BCUT2D eigenvalue weighted by atomic mass is 10.1. The summed E-state index contributed by atoms with van der Waals surface area (Å²) in [7, 11) is 0. The number of carbonyl (C=O) groups is 1. The SMILES string of the molecule is CC(C)CCNC(=O)CCc1ccc(-c2ccccc2)o1. The van der Waals surface area contributed by atoms with Crippen molar-refractivity contribution < 1.29 is 9.21 Å². The predicted molar refractivity (Wildman–Crippen MR) is 84.9 cm³/mol. The van der Waals surface area contributed by atoms with Crippen molar-refractivity contribution in [3.05, 3.63) is 48.2 Å². The summed E-state index contributed by atoms with van der Waals surface area (Å²) in [6.07, 6.45) is 2.13. The average molecular weight is 285 g/mol. The van der Waals surface area contributed by atoms with Crippen molar-refractivity contribution >= 4 is 5.91 Å². The molecule has 0 radical (unpaired) electrons. The highest BCUT2D eigenvalue weighted by Crippen LogP contribution is 2.22. The molecule has 0 aliphatic rings. The Morgan fingerprint density at radius 2 is 1.90 bits per heavy atom. The molecule has 2 rings (SSSR count). The van der Waals surface area contributed by atoms with Crippen LogP contribution in [0.1, 0.15) is 32.4 Å². The van der Waals surface area contributed by atoms with E-state index in [0.29, 0.717) is 18.8 Å². The van der Waals surface area contributed by atoms with Gasteiger partial charge in [-0.05, 0) is 24.5 Å². The Morgan fingerprint density at radius 1 is 1.14 bits per heavy atom. The van der Waals surface area contributed by atoms with Gasteiger partial charge in [-0.15, -0.1) is 0 Å². The van der Waals surface area contributed by atoms with Gasteiger partial charge < -0.3 is 9.73 Å². The number of benzene rings is 1. The van der Waals surface area contributed by atoms with Gasteiger partial charge in [0.05, 0.1) is 0 Å². The molecule has 0 fully saturated rings. The topological polar surface area (TPSA) is 42.2 Å². The first-order valence-electron chi connectivity index (χ1n) is 7.56. The highest BCUT2D eigenvalue weighted by molar-refractivity contribution is 5.76. The van der Waals surface area contributed by atoms with E-state index in [1.807, 2.05) is 42.5 Å². The summed E-state index contributed by atoms with van der Waals surface area (Å²) in [6.45, 7) is 5.06. The third-order valence-corrected chi connectivity index (χ3v) is 3.36.